The predicted molar refractivity (Wildman–Crippen MR) is 108 cm³/mol. The molecule has 0 fully saturated rings. The van der Waals surface area contributed by atoms with E-state index in [0.29, 0.717) is 51.2 Å². The molecule has 0 unspecified atom stereocenters. The lowest BCUT2D eigenvalue weighted by Gasteiger charge is -2.21. The molecule has 31 heavy (non-hydrogen) atoms. The van der Waals surface area contributed by atoms with Gasteiger partial charge in [0.1, 0.15) is 5.82 Å². The molecule has 10 heteroatoms. The summed E-state index contributed by atoms with van der Waals surface area (Å²) in [7, 11) is 0. The molecular formula is C21H18F3N5O2. The number of rotatable bonds is 4. The van der Waals surface area contributed by atoms with Crippen molar-refractivity contribution in [3.63, 3.8) is 0 Å². The highest BCUT2D eigenvalue weighted by atomic mass is 19.4. The van der Waals surface area contributed by atoms with Crippen LogP contribution in [0.1, 0.15) is 34.2 Å². The number of pyridine rings is 2. The molecular weight excluding hydrogens is 411 g/mol. The van der Waals surface area contributed by atoms with E-state index in [1.807, 2.05) is 0 Å². The number of halogens is 3. The number of carbonyl (C=O) groups is 1. The summed E-state index contributed by atoms with van der Waals surface area (Å²) >= 11 is 0. The highest BCUT2D eigenvalue weighted by Gasteiger charge is 2.30. The number of alkyl halides is 3. The largest absolute Gasteiger partial charge is 0.417 e. The molecule has 0 aliphatic heterocycles. The molecule has 1 aromatic carbocycles. The van der Waals surface area contributed by atoms with Gasteiger partial charge in [-0.1, -0.05) is 5.16 Å². The van der Waals surface area contributed by atoms with Gasteiger partial charge in [-0.25, -0.2) is 4.98 Å². The van der Waals surface area contributed by atoms with E-state index in [0.717, 1.165) is 12.3 Å². The third-order valence-corrected chi connectivity index (χ3v) is 5.02. The molecule has 3 heterocycles. The summed E-state index contributed by atoms with van der Waals surface area (Å²) in [6.07, 6.45) is -3.69. The van der Waals surface area contributed by atoms with Gasteiger partial charge in [-0.3, -0.25) is 9.78 Å². The zero-order valence-corrected chi connectivity index (χ0v) is 16.7. The summed E-state index contributed by atoms with van der Waals surface area (Å²) < 4.78 is 43.6. The lowest BCUT2D eigenvalue weighted by atomic mass is 10.1. The second kappa shape index (κ2) is 7.53. The number of amides is 1. The molecule has 7 nitrogen and oxygen atoms in total. The number of hydrogen-bond donors (Lipinski definition) is 1. The number of aromatic nitrogens is 3. The van der Waals surface area contributed by atoms with Crippen molar-refractivity contribution in [3.05, 3.63) is 59.0 Å². The molecule has 0 aliphatic rings. The van der Waals surface area contributed by atoms with Crippen LogP contribution in [0.25, 0.3) is 21.9 Å². The first-order valence-corrected chi connectivity index (χ1v) is 9.45. The fourth-order valence-corrected chi connectivity index (χ4v) is 3.38. The molecule has 0 aliphatic carbocycles. The van der Waals surface area contributed by atoms with Crippen molar-refractivity contribution < 1.29 is 22.5 Å². The summed E-state index contributed by atoms with van der Waals surface area (Å²) in [4.78, 5) is 22.8. The van der Waals surface area contributed by atoms with Gasteiger partial charge < -0.3 is 15.2 Å². The summed E-state index contributed by atoms with van der Waals surface area (Å²) in [6.45, 7) is 3.95. The van der Waals surface area contributed by atoms with Gasteiger partial charge in [0.15, 0.2) is 5.58 Å². The molecule has 3 aromatic heterocycles. The fourth-order valence-electron chi connectivity index (χ4n) is 3.38. The van der Waals surface area contributed by atoms with Gasteiger partial charge >= 0.3 is 6.18 Å². The van der Waals surface area contributed by atoms with E-state index in [4.69, 9.17) is 10.3 Å². The predicted octanol–water partition coefficient (Wildman–Crippen LogP) is 4.34. The summed E-state index contributed by atoms with van der Waals surface area (Å²) in [5.41, 5.74) is 7.50. The lowest BCUT2D eigenvalue weighted by Crippen LogP contribution is -2.30. The van der Waals surface area contributed by atoms with Crippen LogP contribution in [-0.2, 0) is 12.7 Å². The number of benzene rings is 1. The molecule has 0 radical (unpaired) electrons. The van der Waals surface area contributed by atoms with E-state index in [1.165, 1.54) is 11.0 Å². The minimum atomic E-state index is -4.46. The summed E-state index contributed by atoms with van der Waals surface area (Å²) in [5, 5.41) is 5.13. The van der Waals surface area contributed by atoms with Crippen molar-refractivity contribution in [1.82, 2.24) is 20.0 Å². The first-order chi connectivity index (χ1) is 14.7. The van der Waals surface area contributed by atoms with Crippen LogP contribution in [0.2, 0.25) is 0 Å². The van der Waals surface area contributed by atoms with Crippen LogP contribution >= 0.6 is 0 Å². The van der Waals surface area contributed by atoms with Crippen LogP contribution < -0.4 is 5.73 Å². The Hall–Kier alpha value is -3.69. The number of nitrogen functional groups attached to an aromatic ring is 1. The zero-order chi connectivity index (χ0) is 22.3. The third-order valence-electron chi connectivity index (χ3n) is 5.02. The average Bonchev–Trinajstić information content (AvgIpc) is 3.13. The first-order valence-electron chi connectivity index (χ1n) is 9.45. The van der Waals surface area contributed by atoms with E-state index in [9.17, 15) is 18.0 Å². The summed E-state index contributed by atoms with van der Waals surface area (Å²) in [6, 6.07) is 7.16. The van der Waals surface area contributed by atoms with E-state index in [2.05, 4.69) is 15.1 Å². The normalized spacial score (nSPS) is 11.9. The molecule has 0 spiro atoms. The van der Waals surface area contributed by atoms with Crippen LogP contribution in [0.15, 0.2) is 41.1 Å². The van der Waals surface area contributed by atoms with Crippen LogP contribution in [0.4, 0.5) is 19.0 Å². The second-order valence-electron chi connectivity index (χ2n) is 7.06. The Balaban J connectivity index is 1.65. The molecule has 0 saturated heterocycles. The lowest BCUT2D eigenvalue weighted by molar-refractivity contribution is -0.137. The molecule has 0 saturated carbocycles. The fraction of sp³-hybridized carbons (Fsp3) is 0.238. The van der Waals surface area contributed by atoms with Crippen LogP contribution in [0, 0.1) is 6.92 Å². The Morgan fingerprint density at radius 3 is 2.65 bits per heavy atom. The molecule has 2 N–H and O–H groups in total. The van der Waals surface area contributed by atoms with E-state index in [1.54, 1.807) is 32.0 Å². The minimum Gasteiger partial charge on any atom is -0.383 e. The van der Waals surface area contributed by atoms with Gasteiger partial charge in [0, 0.05) is 23.7 Å². The smallest absolute Gasteiger partial charge is 0.383 e. The van der Waals surface area contributed by atoms with Crippen LogP contribution in [-0.4, -0.2) is 32.5 Å². The summed E-state index contributed by atoms with van der Waals surface area (Å²) in [5.74, 6) is -0.00352. The van der Waals surface area contributed by atoms with Gasteiger partial charge in [0.25, 0.3) is 5.91 Å². The zero-order valence-electron chi connectivity index (χ0n) is 16.7. The number of aryl methyl sites for hydroxylation is 1. The third kappa shape index (κ3) is 3.76. The standard InChI is InChI=1S/C21H18F3N5O2/c1-3-29(10-14-6-5-13(9-26-14)21(22,23)24)20(30)12-4-7-16-15(8-12)18-17(19(25)27-16)11(2)28-31-18/h4-9H,3,10H2,1-2H3,(H2,25,27). The first kappa shape index (κ1) is 20.6. The second-order valence-corrected chi connectivity index (χ2v) is 7.06. The van der Waals surface area contributed by atoms with E-state index >= 15 is 0 Å². The van der Waals surface area contributed by atoms with E-state index in [-0.39, 0.29) is 12.5 Å². The monoisotopic (exact) mass is 429 g/mol. The van der Waals surface area contributed by atoms with Gasteiger partial charge in [0.05, 0.1) is 34.4 Å². The SMILES string of the molecule is CCN(Cc1ccc(C(F)(F)F)cn1)C(=O)c1ccc2nc(N)c3c(C)noc3c2c1. The number of anilines is 1. The molecule has 0 atom stereocenters. The molecule has 4 aromatic rings. The van der Waals surface area contributed by atoms with Crippen molar-refractivity contribution in [2.45, 2.75) is 26.6 Å². The molecule has 1 amide bonds. The Bertz CT molecular complexity index is 1280. The number of carbonyl (C=O) groups excluding carboxylic acids is 1. The number of nitrogens with two attached hydrogens (primary N) is 1. The Kier molecular flexibility index (Phi) is 5.00. The highest BCUT2D eigenvalue weighted by Crippen LogP contribution is 2.31. The van der Waals surface area contributed by atoms with Crippen LogP contribution in [0.3, 0.4) is 0 Å². The maximum atomic E-state index is 13.1. The van der Waals surface area contributed by atoms with Crippen molar-refractivity contribution in [2.24, 2.45) is 0 Å². The van der Waals surface area contributed by atoms with E-state index < -0.39 is 11.7 Å². The van der Waals surface area contributed by atoms with Crippen molar-refractivity contribution in [2.75, 3.05) is 12.3 Å². The maximum Gasteiger partial charge on any atom is 0.417 e. The van der Waals surface area contributed by atoms with Crippen molar-refractivity contribution >= 4 is 33.6 Å². The average molecular weight is 429 g/mol. The van der Waals surface area contributed by atoms with Crippen molar-refractivity contribution in [3.8, 4) is 0 Å². The molecule has 0 bridgehead atoms. The topological polar surface area (TPSA) is 98.1 Å². The molecule has 160 valence electrons. The quantitative estimate of drug-likeness (QED) is 0.518. The Labute approximate surface area is 174 Å². The van der Waals surface area contributed by atoms with Gasteiger partial charge in [-0.15, -0.1) is 0 Å². The number of hydrogen-bond acceptors (Lipinski definition) is 6. The van der Waals surface area contributed by atoms with Gasteiger partial charge in [-0.05, 0) is 44.2 Å². The Morgan fingerprint density at radius 2 is 2.00 bits per heavy atom. The molecule has 4 rings (SSSR count). The van der Waals surface area contributed by atoms with Crippen LogP contribution in [0.5, 0.6) is 0 Å². The van der Waals surface area contributed by atoms with Gasteiger partial charge in [0.2, 0.25) is 0 Å². The van der Waals surface area contributed by atoms with Crippen molar-refractivity contribution in [1.29, 1.82) is 0 Å². The number of nitrogens with zero attached hydrogens (tertiary/aromatic N) is 4. The maximum absolute atomic E-state index is 13.1. The Morgan fingerprint density at radius 1 is 1.23 bits per heavy atom. The minimum absolute atomic E-state index is 0.0717. The number of fused-ring (bicyclic) bond motifs is 3. The van der Waals surface area contributed by atoms with Gasteiger partial charge in [-0.2, -0.15) is 13.2 Å². The highest BCUT2D eigenvalue weighted by molar-refractivity contribution is 6.09.